The Kier molecular flexibility index (Phi) is 6.45. The van der Waals surface area contributed by atoms with Gasteiger partial charge in [0.25, 0.3) is 0 Å². The van der Waals surface area contributed by atoms with Gasteiger partial charge < -0.3 is 14.4 Å². The second kappa shape index (κ2) is 8.64. The molecule has 172 valence electrons. The zero-order chi connectivity index (χ0) is 23.8. The third kappa shape index (κ3) is 4.69. The van der Waals surface area contributed by atoms with Crippen LogP contribution < -0.4 is 0 Å². The maximum atomic E-state index is 14.5. The minimum Gasteiger partial charge on any atom is -0.389 e. The van der Waals surface area contributed by atoms with Crippen molar-refractivity contribution in [3.05, 3.63) is 46.5 Å². The average molecular weight is 476 g/mol. The van der Waals surface area contributed by atoms with Crippen LogP contribution in [0.1, 0.15) is 29.9 Å². The van der Waals surface area contributed by atoms with E-state index in [0.717, 1.165) is 12.3 Å². The minimum absolute atomic E-state index is 0.120. The van der Waals surface area contributed by atoms with Crippen LogP contribution in [0.15, 0.2) is 28.9 Å². The fraction of sp³-hybridized carbons (Fsp3) is 0.350. The standard InChI is InChI=1S/C20H18ClF4N3O4/c1-19(2,30)9-28-18(20(23,24)25)10(7-26-28)17-15(13(29)8-31-3)16(27-32-17)14-11(21)5-4-6-12(14)22/h4-7,30H,8-9H2,1-3H3. The number of benzene rings is 1. The molecule has 32 heavy (non-hydrogen) atoms. The molecule has 0 saturated carbocycles. The van der Waals surface area contributed by atoms with E-state index in [0.29, 0.717) is 4.68 Å². The lowest BCUT2D eigenvalue weighted by molar-refractivity contribution is -0.144. The summed E-state index contributed by atoms with van der Waals surface area (Å²) < 4.78 is 66.8. The monoisotopic (exact) mass is 475 g/mol. The summed E-state index contributed by atoms with van der Waals surface area (Å²) in [5.74, 6) is -2.23. The quantitative estimate of drug-likeness (QED) is 0.396. The van der Waals surface area contributed by atoms with Gasteiger partial charge in [-0.15, -0.1) is 0 Å². The normalized spacial score (nSPS) is 12.4. The van der Waals surface area contributed by atoms with Crippen molar-refractivity contribution in [2.75, 3.05) is 13.7 Å². The molecule has 0 aliphatic rings. The Hall–Kier alpha value is -2.76. The second-order valence-electron chi connectivity index (χ2n) is 7.56. The molecule has 3 rings (SSSR count). The zero-order valence-corrected chi connectivity index (χ0v) is 17.9. The molecule has 0 bridgehead atoms. The van der Waals surface area contributed by atoms with Crippen molar-refractivity contribution in [2.45, 2.75) is 32.2 Å². The number of Topliss-reactive ketones (excluding diaryl/α,β-unsaturated/α-hetero) is 1. The molecule has 0 aliphatic heterocycles. The van der Waals surface area contributed by atoms with Crippen LogP contribution in [-0.4, -0.2) is 45.1 Å². The first-order valence-corrected chi connectivity index (χ1v) is 9.55. The molecule has 0 spiro atoms. The average Bonchev–Trinajstić information content (AvgIpc) is 3.24. The van der Waals surface area contributed by atoms with Crippen LogP contribution in [0.25, 0.3) is 22.6 Å². The van der Waals surface area contributed by atoms with Crippen LogP contribution >= 0.6 is 11.6 Å². The molecule has 0 aliphatic carbocycles. The Morgan fingerprint density at radius 2 is 2.00 bits per heavy atom. The zero-order valence-electron chi connectivity index (χ0n) is 17.1. The number of carbonyl (C=O) groups excluding carboxylic acids is 1. The summed E-state index contributed by atoms with van der Waals surface area (Å²) in [5.41, 5.74) is -4.51. The number of alkyl halides is 3. The number of hydrogen-bond donors (Lipinski definition) is 1. The Balaban J connectivity index is 2.30. The van der Waals surface area contributed by atoms with E-state index in [1.54, 1.807) is 0 Å². The number of nitrogens with zero attached hydrogens (tertiary/aromatic N) is 3. The van der Waals surface area contributed by atoms with Gasteiger partial charge in [-0.2, -0.15) is 18.3 Å². The van der Waals surface area contributed by atoms with Crippen LogP contribution in [0.2, 0.25) is 5.02 Å². The number of ketones is 1. The predicted molar refractivity (Wildman–Crippen MR) is 106 cm³/mol. The molecule has 0 fully saturated rings. The van der Waals surface area contributed by atoms with Crippen molar-refractivity contribution in [3.63, 3.8) is 0 Å². The van der Waals surface area contributed by atoms with Gasteiger partial charge in [0.1, 0.15) is 18.1 Å². The van der Waals surface area contributed by atoms with E-state index in [1.807, 2.05) is 0 Å². The Bertz CT molecular complexity index is 1130. The SMILES string of the molecule is COCC(=O)c1c(-c2c(F)cccc2Cl)noc1-c1cnn(CC(C)(C)O)c1C(F)(F)F. The molecular weight excluding hydrogens is 458 g/mol. The molecule has 3 aromatic rings. The van der Waals surface area contributed by atoms with Crippen molar-refractivity contribution >= 4 is 17.4 Å². The summed E-state index contributed by atoms with van der Waals surface area (Å²) in [6.07, 6.45) is -4.09. The van der Waals surface area contributed by atoms with Crippen molar-refractivity contribution < 1.29 is 36.7 Å². The summed E-state index contributed by atoms with van der Waals surface area (Å²) in [6.45, 7) is 1.60. The molecule has 0 radical (unpaired) electrons. The number of aliphatic hydroxyl groups is 1. The van der Waals surface area contributed by atoms with E-state index in [9.17, 15) is 27.5 Å². The molecule has 0 unspecified atom stereocenters. The smallest absolute Gasteiger partial charge is 0.389 e. The summed E-state index contributed by atoms with van der Waals surface area (Å²) in [5, 5.41) is 17.2. The molecular formula is C20H18ClF4N3O4. The maximum absolute atomic E-state index is 14.5. The van der Waals surface area contributed by atoms with Gasteiger partial charge in [0, 0.05) is 7.11 Å². The number of hydrogen-bond acceptors (Lipinski definition) is 6. The maximum Gasteiger partial charge on any atom is 0.433 e. The first-order valence-electron chi connectivity index (χ1n) is 9.17. The summed E-state index contributed by atoms with van der Waals surface area (Å²) in [6, 6.07) is 3.71. The van der Waals surface area contributed by atoms with E-state index in [1.165, 1.54) is 33.1 Å². The number of carbonyl (C=O) groups is 1. The number of halogens is 5. The molecule has 1 aromatic carbocycles. The molecule has 0 amide bonds. The third-order valence-corrected chi connectivity index (χ3v) is 4.65. The second-order valence-corrected chi connectivity index (χ2v) is 7.97. The van der Waals surface area contributed by atoms with E-state index >= 15 is 0 Å². The van der Waals surface area contributed by atoms with Crippen LogP contribution in [0, 0.1) is 5.82 Å². The first kappa shape index (κ1) is 23.9. The summed E-state index contributed by atoms with van der Waals surface area (Å²) in [7, 11) is 1.21. The highest BCUT2D eigenvalue weighted by atomic mass is 35.5. The molecule has 2 heterocycles. The Morgan fingerprint density at radius 1 is 1.31 bits per heavy atom. The van der Waals surface area contributed by atoms with E-state index < -0.39 is 59.1 Å². The number of rotatable bonds is 7. The predicted octanol–water partition coefficient (Wildman–Crippen LogP) is 4.62. The topological polar surface area (TPSA) is 90.4 Å². The summed E-state index contributed by atoms with van der Waals surface area (Å²) in [4.78, 5) is 12.8. The van der Waals surface area contributed by atoms with E-state index in [2.05, 4.69) is 10.3 Å². The van der Waals surface area contributed by atoms with Crippen LogP contribution in [0.5, 0.6) is 0 Å². The summed E-state index contributed by atoms with van der Waals surface area (Å²) >= 11 is 6.07. The van der Waals surface area contributed by atoms with Gasteiger partial charge in [-0.1, -0.05) is 22.8 Å². The van der Waals surface area contributed by atoms with Gasteiger partial charge >= 0.3 is 6.18 Å². The van der Waals surface area contributed by atoms with Crippen LogP contribution in [-0.2, 0) is 17.5 Å². The lowest BCUT2D eigenvalue weighted by Crippen LogP contribution is -2.29. The number of ether oxygens (including phenoxy) is 1. The minimum atomic E-state index is -4.93. The van der Waals surface area contributed by atoms with Crippen LogP contribution in [0.3, 0.4) is 0 Å². The highest BCUT2D eigenvalue weighted by Crippen LogP contribution is 2.42. The van der Waals surface area contributed by atoms with Crippen molar-refractivity contribution in [1.82, 2.24) is 14.9 Å². The molecule has 0 atom stereocenters. The van der Waals surface area contributed by atoms with Gasteiger partial charge in [-0.25, -0.2) is 4.39 Å². The van der Waals surface area contributed by atoms with E-state index in [-0.39, 0.29) is 16.3 Å². The Morgan fingerprint density at radius 3 is 2.56 bits per heavy atom. The highest BCUT2D eigenvalue weighted by molar-refractivity contribution is 6.33. The molecule has 1 N–H and O–H groups in total. The molecule has 12 heteroatoms. The van der Waals surface area contributed by atoms with Crippen molar-refractivity contribution in [3.8, 4) is 22.6 Å². The van der Waals surface area contributed by atoms with Gasteiger partial charge in [0.15, 0.2) is 17.2 Å². The number of aromatic nitrogens is 3. The largest absolute Gasteiger partial charge is 0.433 e. The van der Waals surface area contributed by atoms with Gasteiger partial charge in [-0.3, -0.25) is 9.48 Å². The van der Waals surface area contributed by atoms with Gasteiger partial charge in [0.2, 0.25) is 0 Å². The third-order valence-electron chi connectivity index (χ3n) is 4.34. The van der Waals surface area contributed by atoms with Crippen molar-refractivity contribution in [1.29, 1.82) is 0 Å². The highest BCUT2D eigenvalue weighted by Gasteiger charge is 2.42. The Labute approximate surface area is 184 Å². The van der Waals surface area contributed by atoms with Gasteiger partial charge in [-0.05, 0) is 26.0 Å². The molecule has 2 aromatic heterocycles. The fourth-order valence-electron chi connectivity index (χ4n) is 3.17. The van der Waals surface area contributed by atoms with Crippen molar-refractivity contribution in [2.24, 2.45) is 0 Å². The fourth-order valence-corrected chi connectivity index (χ4v) is 3.42. The number of methoxy groups -OCH3 is 1. The molecule has 7 nitrogen and oxygen atoms in total. The lowest BCUT2D eigenvalue weighted by atomic mass is 9.99. The molecule has 0 saturated heterocycles. The van der Waals surface area contributed by atoms with E-state index in [4.69, 9.17) is 20.9 Å². The lowest BCUT2D eigenvalue weighted by Gasteiger charge is -2.20. The first-order chi connectivity index (χ1) is 14.8. The van der Waals surface area contributed by atoms with Gasteiger partial charge in [0.05, 0.1) is 40.1 Å². The van der Waals surface area contributed by atoms with Crippen LogP contribution in [0.4, 0.5) is 17.6 Å².